The Morgan fingerprint density at radius 3 is 2.73 bits per heavy atom. The summed E-state index contributed by atoms with van der Waals surface area (Å²) in [4.78, 5) is 36.6. The molecule has 0 saturated heterocycles. The molecule has 1 unspecified atom stereocenters. The molecule has 2 amide bonds. The number of nitro groups is 1. The summed E-state index contributed by atoms with van der Waals surface area (Å²) in [6.07, 6.45) is 0.708. The monoisotopic (exact) mass is 379 g/mol. The van der Waals surface area contributed by atoms with Crippen molar-refractivity contribution in [3.8, 4) is 0 Å². The van der Waals surface area contributed by atoms with Crippen LogP contribution < -0.4 is 16.0 Å². The van der Waals surface area contributed by atoms with Crippen LogP contribution in [0.5, 0.6) is 0 Å². The van der Waals surface area contributed by atoms with Crippen molar-refractivity contribution in [3.05, 3.63) is 44.0 Å². The largest absolute Gasteiger partial charge is 0.433 e. The van der Waals surface area contributed by atoms with Crippen molar-refractivity contribution in [1.29, 1.82) is 0 Å². The van der Waals surface area contributed by atoms with Gasteiger partial charge in [0.25, 0.3) is 11.8 Å². The quantitative estimate of drug-likeness (QED) is 0.525. The molecule has 0 aromatic carbocycles. The van der Waals surface area contributed by atoms with Crippen molar-refractivity contribution >= 4 is 34.0 Å². The third kappa shape index (κ3) is 3.33. The number of nitrogens with one attached hydrogen (secondary N) is 2. The molecule has 0 spiro atoms. The van der Waals surface area contributed by atoms with Gasteiger partial charge in [-0.15, -0.1) is 11.3 Å². The first-order valence-corrected chi connectivity index (χ1v) is 8.94. The summed E-state index contributed by atoms with van der Waals surface area (Å²) < 4.78 is 4.90. The predicted octanol–water partition coefficient (Wildman–Crippen LogP) is 0.950. The molecular formula is C16H19N4O5S+. The predicted molar refractivity (Wildman–Crippen MR) is 94.5 cm³/mol. The number of rotatable bonds is 5. The number of fused-ring (bicyclic) bond motifs is 1. The topological polar surface area (TPSA) is 133 Å². The maximum atomic E-state index is 12.3. The summed E-state index contributed by atoms with van der Waals surface area (Å²) in [5.41, 5.74) is 6.74. The van der Waals surface area contributed by atoms with Crippen LogP contribution in [0.1, 0.15) is 45.2 Å². The first kappa shape index (κ1) is 18.1. The van der Waals surface area contributed by atoms with Crippen molar-refractivity contribution < 1.29 is 23.8 Å². The van der Waals surface area contributed by atoms with Gasteiger partial charge in [0.15, 0.2) is 5.76 Å². The Hall–Kier alpha value is -2.72. The van der Waals surface area contributed by atoms with E-state index in [0.717, 1.165) is 29.6 Å². The van der Waals surface area contributed by atoms with Crippen LogP contribution in [0.25, 0.3) is 0 Å². The summed E-state index contributed by atoms with van der Waals surface area (Å²) in [6.45, 7) is 5.92. The second-order valence-corrected chi connectivity index (χ2v) is 7.52. The molecule has 1 atom stereocenters. The van der Waals surface area contributed by atoms with Crippen LogP contribution in [-0.2, 0) is 13.0 Å². The number of carbonyl (C=O) groups excluding carboxylic acids is 2. The number of nitrogens with zero attached hydrogens (tertiary/aromatic N) is 1. The number of nitrogens with two attached hydrogens (primary N) is 1. The fraction of sp³-hybridized carbons (Fsp3) is 0.375. The summed E-state index contributed by atoms with van der Waals surface area (Å²) in [7, 11) is 0. The number of quaternary nitrogens is 1. The van der Waals surface area contributed by atoms with Crippen molar-refractivity contribution in [2.75, 3.05) is 11.9 Å². The Labute approximate surface area is 152 Å². The maximum Gasteiger partial charge on any atom is 0.433 e. The van der Waals surface area contributed by atoms with Gasteiger partial charge in [-0.3, -0.25) is 19.7 Å². The summed E-state index contributed by atoms with van der Waals surface area (Å²) >= 11 is 1.32. The zero-order valence-corrected chi connectivity index (χ0v) is 15.1. The minimum Gasteiger partial charge on any atom is -0.395 e. The van der Waals surface area contributed by atoms with Crippen LogP contribution in [0.4, 0.5) is 10.9 Å². The van der Waals surface area contributed by atoms with Crippen LogP contribution in [0.3, 0.4) is 0 Å². The number of furan rings is 1. The van der Waals surface area contributed by atoms with Gasteiger partial charge in [-0.2, -0.15) is 0 Å². The van der Waals surface area contributed by atoms with Gasteiger partial charge in [-0.05, 0) is 25.5 Å². The molecule has 3 rings (SSSR count). The molecule has 0 radical (unpaired) electrons. The van der Waals surface area contributed by atoms with Crippen LogP contribution in [-0.4, -0.2) is 29.3 Å². The fourth-order valence-corrected chi connectivity index (χ4v) is 4.35. The van der Waals surface area contributed by atoms with Gasteiger partial charge >= 0.3 is 5.88 Å². The Morgan fingerprint density at radius 1 is 1.42 bits per heavy atom. The Bertz CT molecular complexity index is 885. The van der Waals surface area contributed by atoms with Gasteiger partial charge in [-0.1, -0.05) is 0 Å². The maximum absolute atomic E-state index is 12.3. The standard InChI is InChI=1S/C16H18N4O5S/c1-8(2)19-6-5-9-11(7-19)26-16(13(9)14(17)21)18-15(22)10-3-4-12(25-10)20(23)24/h3-4,8H,5-7H2,1-2H3,(H2,17,21)(H,18,22)/p+1. The van der Waals surface area contributed by atoms with Crippen molar-refractivity contribution in [2.24, 2.45) is 5.73 Å². The van der Waals surface area contributed by atoms with E-state index >= 15 is 0 Å². The third-order valence-corrected chi connectivity index (χ3v) is 5.61. The molecule has 9 nitrogen and oxygen atoms in total. The Balaban J connectivity index is 1.88. The van der Waals surface area contributed by atoms with E-state index in [9.17, 15) is 19.7 Å². The highest BCUT2D eigenvalue weighted by Gasteiger charge is 2.31. The van der Waals surface area contributed by atoms with Crippen LogP contribution in [0.2, 0.25) is 0 Å². The number of thiophene rings is 1. The van der Waals surface area contributed by atoms with Crippen molar-refractivity contribution in [1.82, 2.24) is 0 Å². The molecule has 10 heteroatoms. The molecule has 26 heavy (non-hydrogen) atoms. The number of hydrogen-bond donors (Lipinski definition) is 3. The fourth-order valence-electron chi connectivity index (χ4n) is 3.05. The van der Waals surface area contributed by atoms with Gasteiger partial charge in [0.2, 0.25) is 0 Å². The number of amides is 2. The minimum absolute atomic E-state index is 0.201. The van der Waals surface area contributed by atoms with E-state index in [1.54, 1.807) is 0 Å². The first-order valence-electron chi connectivity index (χ1n) is 8.12. The average molecular weight is 379 g/mol. The Morgan fingerprint density at radius 2 is 2.15 bits per heavy atom. The molecule has 0 bridgehead atoms. The molecule has 3 heterocycles. The lowest BCUT2D eigenvalue weighted by Crippen LogP contribution is -3.14. The molecule has 1 aliphatic heterocycles. The van der Waals surface area contributed by atoms with E-state index in [0.29, 0.717) is 23.0 Å². The second kappa shape index (κ2) is 6.89. The van der Waals surface area contributed by atoms with Crippen molar-refractivity contribution in [3.63, 3.8) is 0 Å². The molecule has 0 aliphatic carbocycles. The summed E-state index contributed by atoms with van der Waals surface area (Å²) in [6, 6.07) is 2.77. The smallest absolute Gasteiger partial charge is 0.395 e. The molecule has 2 aromatic rings. The summed E-state index contributed by atoms with van der Waals surface area (Å²) in [5, 5.41) is 13.6. The zero-order chi connectivity index (χ0) is 19.0. The zero-order valence-electron chi connectivity index (χ0n) is 14.3. The molecule has 0 fully saturated rings. The lowest BCUT2D eigenvalue weighted by molar-refractivity contribution is -0.936. The van der Waals surface area contributed by atoms with E-state index in [4.69, 9.17) is 10.2 Å². The van der Waals surface area contributed by atoms with E-state index < -0.39 is 22.6 Å². The van der Waals surface area contributed by atoms with E-state index in [2.05, 4.69) is 19.2 Å². The molecule has 4 N–H and O–H groups in total. The lowest BCUT2D eigenvalue weighted by Gasteiger charge is -2.27. The van der Waals surface area contributed by atoms with Crippen LogP contribution in [0, 0.1) is 10.1 Å². The van der Waals surface area contributed by atoms with Gasteiger partial charge in [0.1, 0.15) is 16.5 Å². The van der Waals surface area contributed by atoms with E-state index in [-0.39, 0.29) is 5.76 Å². The van der Waals surface area contributed by atoms with Crippen molar-refractivity contribution in [2.45, 2.75) is 32.9 Å². The third-order valence-electron chi connectivity index (χ3n) is 4.46. The first-order chi connectivity index (χ1) is 12.3. The summed E-state index contributed by atoms with van der Waals surface area (Å²) in [5.74, 6) is -1.98. The highest BCUT2D eigenvalue weighted by Crippen LogP contribution is 2.35. The molecule has 2 aromatic heterocycles. The number of hydrogen-bond acceptors (Lipinski definition) is 6. The van der Waals surface area contributed by atoms with Gasteiger partial charge < -0.3 is 20.4 Å². The lowest BCUT2D eigenvalue weighted by atomic mass is 10.0. The number of primary amides is 1. The highest BCUT2D eigenvalue weighted by atomic mass is 32.1. The normalized spacial score (nSPS) is 16.3. The second-order valence-electron chi connectivity index (χ2n) is 6.41. The molecule has 0 saturated carbocycles. The number of carbonyl (C=O) groups is 2. The number of anilines is 1. The van der Waals surface area contributed by atoms with Crippen LogP contribution >= 0.6 is 11.3 Å². The average Bonchev–Trinajstić information content (AvgIpc) is 3.18. The van der Waals surface area contributed by atoms with Crippen LogP contribution in [0.15, 0.2) is 16.5 Å². The highest BCUT2D eigenvalue weighted by molar-refractivity contribution is 7.17. The minimum atomic E-state index is -0.723. The van der Waals surface area contributed by atoms with Gasteiger partial charge in [0, 0.05) is 6.42 Å². The molecule has 138 valence electrons. The SMILES string of the molecule is CC(C)[NH+]1CCc2c(sc(NC(=O)c3ccc([N+](=O)[O-])o3)c2C(N)=O)C1. The van der Waals surface area contributed by atoms with Gasteiger partial charge in [-0.25, -0.2) is 0 Å². The van der Waals surface area contributed by atoms with E-state index in [1.165, 1.54) is 22.3 Å². The molecular weight excluding hydrogens is 360 g/mol. The molecule has 1 aliphatic rings. The Kier molecular flexibility index (Phi) is 4.79. The van der Waals surface area contributed by atoms with Gasteiger partial charge in [0.05, 0.1) is 29.1 Å². The van der Waals surface area contributed by atoms with E-state index in [1.807, 2.05) is 0 Å².